The summed E-state index contributed by atoms with van der Waals surface area (Å²) in [5, 5.41) is 7.70. The van der Waals surface area contributed by atoms with Crippen molar-refractivity contribution in [3.63, 3.8) is 0 Å². The summed E-state index contributed by atoms with van der Waals surface area (Å²) < 4.78 is 4.99. The number of piperidine rings is 1. The first-order chi connectivity index (χ1) is 14.4. The summed E-state index contributed by atoms with van der Waals surface area (Å²) in [6.07, 6.45) is 2.45. The molecule has 3 heterocycles. The Balaban J connectivity index is 1.45. The molecule has 1 aliphatic rings. The number of amides is 3. The van der Waals surface area contributed by atoms with E-state index in [1.165, 1.54) is 29.7 Å². The van der Waals surface area contributed by atoms with Crippen LogP contribution in [0, 0.1) is 0 Å². The van der Waals surface area contributed by atoms with E-state index in [-0.39, 0.29) is 30.0 Å². The number of carbonyl (C=O) groups is 3. The fourth-order valence-electron chi connectivity index (χ4n) is 3.03. The Morgan fingerprint density at radius 1 is 1.30 bits per heavy atom. The van der Waals surface area contributed by atoms with Gasteiger partial charge in [0.25, 0.3) is 5.91 Å². The van der Waals surface area contributed by atoms with Gasteiger partial charge < -0.3 is 19.9 Å². The smallest absolute Gasteiger partial charge is 0.409 e. The Kier molecular flexibility index (Phi) is 7.17. The molecule has 0 radical (unpaired) electrons. The van der Waals surface area contributed by atoms with E-state index >= 15 is 0 Å². The van der Waals surface area contributed by atoms with Gasteiger partial charge in [0.15, 0.2) is 5.13 Å². The molecule has 0 atom stereocenters. The van der Waals surface area contributed by atoms with E-state index in [1.807, 2.05) is 0 Å². The Labute approximate surface area is 176 Å². The second kappa shape index (κ2) is 10.0. The Morgan fingerprint density at radius 2 is 2.07 bits per heavy atom. The van der Waals surface area contributed by atoms with E-state index in [0.717, 1.165) is 0 Å². The van der Waals surface area contributed by atoms with Crippen LogP contribution in [0.5, 0.6) is 0 Å². The third kappa shape index (κ3) is 5.89. The third-order valence-electron chi connectivity index (χ3n) is 4.55. The molecule has 2 aromatic heterocycles. The minimum Gasteiger partial charge on any atom is -0.450 e. The standard InChI is InChI=1S/C19H23N5O5S/c1-2-29-19(28)24-7-5-13(6-8-24)21-16(26)9-14-11-30-18(22-14)23-17(27)12-3-4-15(25)20-10-12/h3-4,10-11,13H,2,5-9H2,1H3,(H,20,25)(H,21,26)(H,22,23,27). The maximum Gasteiger partial charge on any atom is 0.409 e. The van der Waals surface area contributed by atoms with E-state index in [9.17, 15) is 19.2 Å². The average Bonchev–Trinajstić information content (AvgIpc) is 3.15. The van der Waals surface area contributed by atoms with Crippen molar-refractivity contribution in [1.82, 2.24) is 20.2 Å². The minimum atomic E-state index is -0.398. The summed E-state index contributed by atoms with van der Waals surface area (Å²) in [6, 6.07) is 2.69. The number of nitrogens with one attached hydrogen (secondary N) is 3. The molecule has 0 spiro atoms. The van der Waals surface area contributed by atoms with Gasteiger partial charge in [-0.1, -0.05) is 0 Å². The third-order valence-corrected chi connectivity index (χ3v) is 5.35. The van der Waals surface area contributed by atoms with Crippen molar-refractivity contribution in [3.8, 4) is 0 Å². The summed E-state index contributed by atoms with van der Waals surface area (Å²) in [5.74, 6) is -0.557. The van der Waals surface area contributed by atoms with E-state index in [0.29, 0.717) is 48.9 Å². The van der Waals surface area contributed by atoms with Crippen molar-refractivity contribution in [3.05, 3.63) is 45.3 Å². The molecule has 30 heavy (non-hydrogen) atoms. The van der Waals surface area contributed by atoms with Crippen LogP contribution in [-0.2, 0) is 16.0 Å². The molecule has 0 unspecified atom stereocenters. The number of likely N-dealkylation sites (tertiary alicyclic amines) is 1. The lowest BCUT2D eigenvalue weighted by Gasteiger charge is -2.31. The number of nitrogens with zero attached hydrogens (tertiary/aromatic N) is 2. The normalized spacial score (nSPS) is 14.2. The van der Waals surface area contributed by atoms with E-state index in [2.05, 4.69) is 20.6 Å². The zero-order valence-corrected chi connectivity index (χ0v) is 17.3. The van der Waals surface area contributed by atoms with Crippen LogP contribution < -0.4 is 16.2 Å². The molecule has 1 aliphatic heterocycles. The highest BCUT2D eigenvalue weighted by Crippen LogP contribution is 2.17. The molecule has 0 saturated carbocycles. The first-order valence-corrected chi connectivity index (χ1v) is 10.5. The van der Waals surface area contributed by atoms with Crippen LogP contribution in [-0.4, -0.2) is 58.5 Å². The average molecular weight is 433 g/mol. The maximum absolute atomic E-state index is 12.3. The van der Waals surface area contributed by atoms with Gasteiger partial charge in [0, 0.05) is 36.8 Å². The molecule has 11 heteroatoms. The summed E-state index contributed by atoms with van der Waals surface area (Å²) in [5.41, 5.74) is 0.567. The molecule has 3 N–H and O–H groups in total. The second-order valence-electron chi connectivity index (χ2n) is 6.74. The van der Waals surface area contributed by atoms with Crippen LogP contribution in [0.15, 0.2) is 28.5 Å². The van der Waals surface area contributed by atoms with Crippen molar-refractivity contribution in [1.29, 1.82) is 0 Å². The highest BCUT2D eigenvalue weighted by atomic mass is 32.1. The molecule has 0 aliphatic carbocycles. The molecule has 160 valence electrons. The van der Waals surface area contributed by atoms with Gasteiger partial charge in [0.2, 0.25) is 11.5 Å². The molecular formula is C19H23N5O5S. The van der Waals surface area contributed by atoms with Crippen LogP contribution in [0.25, 0.3) is 0 Å². The number of carbonyl (C=O) groups excluding carboxylic acids is 3. The molecule has 0 aromatic carbocycles. The van der Waals surface area contributed by atoms with Crippen molar-refractivity contribution in [2.45, 2.75) is 32.2 Å². The Morgan fingerprint density at radius 3 is 2.73 bits per heavy atom. The van der Waals surface area contributed by atoms with Crippen molar-refractivity contribution >= 4 is 34.4 Å². The monoisotopic (exact) mass is 433 g/mol. The van der Waals surface area contributed by atoms with Crippen LogP contribution in [0.1, 0.15) is 35.8 Å². The van der Waals surface area contributed by atoms with Gasteiger partial charge in [-0.2, -0.15) is 0 Å². The second-order valence-corrected chi connectivity index (χ2v) is 7.60. The molecule has 2 aromatic rings. The minimum absolute atomic E-state index is 0.00113. The predicted octanol–water partition coefficient (Wildman–Crippen LogP) is 1.36. The van der Waals surface area contributed by atoms with Gasteiger partial charge in [0.05, 0.1) is 24.3 Å². The van der Waals surface area contributed by atoms with Gasteiger partial charge in [0.1, 0.15) is 0 Å². The number of pyridine rings is 1. The first-order valence-electron chi connectivity index (χ1n) is 9.60. The number of anilines is 1. The number of rotatable bonds is 6. The molecule has 10 nitrogen and oxygen atoms in total. The number of ether oxygens (including phenoxy) is 1. The van der Waals surface area contributed by atoms with Gasteiger partial charge in [-0.05, 0) is 25.8 Å². The van der Waals surface area contributed by atoms with Gasteiger partial charge in [-0.15, -0.1) is 11.3 Å². The molecule has 1 saturated heterocycles. The van der Waals surface area contributed by atoms with Crippen molar-refractivity contribution in [2.75, 3.05) is 25.0 Å². The largest absolute Gasteiger partial charge is 0.450 e. The fraction of sp³-hybridized carbons (Fsp3) is 0.421. The van der Waals surface area contributed by atoms with E-state index in [1.54, 1.807) is 17.2 Å². The van der Waals surface area contributed by atoms with Crippen molar-refractivity contribution < 1.29 is 19.1 Å². The maximum atomic E-state index is 12.3. The Bertz CT molecular complexity index is 944. The molecule has 0 bridgehead atoms. The number of aromatic amines is 1. The summed E-state index contributed by atoms with van der Waals surface area (Å²) in [4.78, 5) is 55.6. The van der Waals surface area contributed by atoms with Crippen LogP contribution in [0.3, 0.4) is 0 Å². The number of H-pyrrole nitrogens is 1. The quantitative estimate of drug-likeness (QED) is 0.630. The van der Waals surface area contributed by atoms with Crippen LogP contribution >= 0.6 is 11.3 Å². The SMILES string of the molecule is CCOC(=O)N1CCC(NC(=O)Cc2csc(NC(=O)c3ccc(=O)[nH]c3)n2)CC1. The lowest BCUT2D eigenvalue weighted by Crippen LogP contribution is -2.47. The molecule has 3 rings (SSSR count). The van der Waals surface area contributed by atoms with E-state index in [4.69, 9.17) is 4.74 Å². The number of hydrogen-bond donors (Lipinski definition) is 3. The molecule has 3 amide bonds. The lowest BCUT2D eigenvalue weighted by molar-refractivity contribution is -0.121. The summed E-state index contributed by atoms with van der Waals surface area (Å²) in [6.45, 7) is 3.20. The first kappa shape index (κ1) is 21.5. The topological polar surface area (TPSA) is 133 Å². The molecule has 1 fully saturated rings. The number of thiazole rings is 1. The number of hydrogen-bond acceptors (Lipinski definition) is 7. The number of aromatic nitrogens is 2. The lowest BCUT2D eigenvalue weighted by atomic mass is 10.1. The van der Waals surface area contributed by atoms with Crippen LogP contribution in [0.4, 0.5) is 9.93 Å². The zero-order valence-electron chi connectivity index (χ0n) is 16.5. The Hall–Kier alpha value is -3.21. The van der Waals surface area contributed by atoms with Gasteiger partial charge >= 0.3 is 6.09 Å². The summed E-state index contributed by atoms with van der Waals surface area (Å²) >= 11 is 1.22. The molecular weight excluding hydrogens is 410 g/mol. The zero-order chi connectivity index (χ0) is 21.5. The highest BCUT2D eigenvalue weighted by molar-refractivity contribution is 7.14. The highest BCUT2D eigenvalue weighted by Gasteiger charge is 2.24. The van der Waals surface area contributed by atoms with Gasteiger partial charge in [-0.3, -0.25) is 19.7 Å². The summed E-state index contributed by atoms with van der Waals surface area (Å²) in [7, 11) is 0. The van der Waals surface area contributed by atoms with E-state index < -0.39 is 5.91 Å². The predicted molar refractivity (Wildman–Crippen MR) is 111 cm³/mol. The van der Waals surface area contributed by atoms with Crippen molar-refractivity contribution in [2.24, 2.45) is 0 Å². The fourth-order valence-corrected chi connectivity index (χ4v) is 3.74. The van der Waals surface area contributed by atoms with Crippen LogP contribution in [0.2, 0.25) is 0 Å². The van der Waals surface area contributed by atoms with Gasteiger partial charge in [-0.25, -0.2) is 9.78 Å².